The number of thiazole rings is 3. The summed E-state index contributed by atoms with van der Waals surface area (Å²) in [5.41, 5.74) is 33.5. The predicted molar refractivity (Wildman–Crippen MR) is 352 cm³/mol. The van der Waals surface area contributed by atoms with E-state index in [1.165, 1.54) is 60.6 Å². The minimum atomic E-state index is -3.71. The van der Waals surface area contributed by atoms with Gasteiger partial charge in [0.15, 0.2) is 14.9 Å². The molecule has 0 saturated heterocycles. The summed E-state index contributed by atoms with van der Waals surface area (Å²) >= 11 is 4.64. The van der Waals surface area contributed by atoms with Gasteiger partial charge in [0, 0.05) is 81.2 Å². The van der Waals surface area contributed by atoms with Crippen molar-refractivity contribution in [3.8, 4) is 67.5 Å². The van der Waals surface area contributed by atoms with Gasteiger partial charge in [-0.15, -0.1) is 34.0 Å². The zero-order valence-electron chi connectivity index (χ0n) is 48.3. The van der Waals surface area contributed by atoms with Gasteiger partial charge in [-0.05, 0) is 148 Å². The van der Waals surface area contributed by atoms with Crippen molar-refractivity contribution in [2.24, 2.45) is 11.8 Å². The first-order valence-corrected chi connectivity index (χ1v) is 32.8. The highest BCUT2D eigenvalue weighted by atomic mass is 32.2. The molecule has 0 aliphatic heterocycles. The van der Waals surface area contributed by atoms with Crippen molar-refractivity contribution in [2.75, 3.05) is 17.2 Å². The van der Waals surface area contributed by atoms with E-state index in [0.29, 0.717) is 40.5 Å². The fourth-order valence-corrected chi connectivity index (χ4v) is 14.5. The van der Waals surface area contributed by atoms with Gasteiger partial charge in [-0.3, -0.25) is 13.2 Å². The summed E-state index contributed by atoms with van der Waals surface area (Å²) in [4.78, 5) is 30.2. The van der Waals surface area contributed by atoms with Crippen LogP contribution in [0.2, 0.25) is 0 Å². The van der Waals surface area contributed by atoms with E-state index in [4.69, 9.17) is 32.2 Å². The number of imidazole rings is 6. The van der Waals surface area contributed by atoms with E-state index in [2.05, 4.69) is 64.9 Å². The third kappa shape index (κ3) is 10.5. The normalized spacial score (nSPS) is 12.8. The SMILES string of the molecule is CC(C)Cn1c(N)nc2ccc(-c3c(-c4ccc(F)cc4)nc4sccn34)cc21.CC(C)S(=O)(=O)n1c(N)nc2ccc(-c3c(-c4ccc(F)cc4)nc4sccn34)cc21.Nc1nc2ccc(-c3c(-c4ccc(F)cc4)nc4sccn34)cc2n1CC1CC1. The molecule has 24 heteroatoms. The molecule has 1 saturated carbocycles. The third-order valence-electron chi connectivity index (χ3n) is 15.7. The molecule has 1 fully saturated rings. The summed E-state index contributed by atoms with van der Waals surface area (Å²) in [6.45, 7) is 9.24. The van der Waals surface area contributed by atoms with Gasteiger partial charge in [-0.1, -0.05) is 32.0 Å². The molecule has 9 heterocycles. The number of benzene rings is 6. The Hall–Kier alpha value is -9.62. The molecule has 0 unspecified atom stereocenters. The number of nitrogen functional groups attached to an aromatic ring is 3. The number of fused-ring (bicyclic) bond motifs is 6. The fraction of sp³-hybridized carbons (Fsp3) is 0.169. The summed E-state index contributed by atoms with van der Waals surface area (Å²) in [6, 6.07) is 36.8. The lowest BCUT2D eigenvalue weighted by molar-refractivity contribution is 0.538. The zero-order chi connectivity index (χ0) is 61.6. The Morgan fingerprint density at radius 1 is 0.472 bits per heavy atom. The first-order chi connectivity index (χ1) is 42.9. The molecule has 9 aromatic heterocycles. The van der Waals surface area contributed by atoms with Crippen molar-refractivity contribution in [3.63, 3.8) is 0 Å². The van der Waals surface area contributed by atoms with Gasteiger partial charge in [-0.25, -0.2) is 55.5 Å². The number of hydrogen-bond donors (Lipinski definition) is 3. The molecule has 1 aliphatic carbocycles. The molecule has 0 amide bonds. The van der Waals surface area contributed by atoms with E-state index in [-0.39, 0.29) is 23.4 Å². The maximum atomic E-state index is 13.5. The standard InChI is InChI=1S/C22H18FN5S.C22H20FN5S.C21H18FN5O2S2/c23-16-6-3-14(4-7-16)19-20(27-9-10-29-22(27)26-19)15-5-8-17-18(11-15)28(21(24)25-17)12-13-1-2-13;1-13(2)12-28-18-11-15(5-8-17(18)25-21(28)24)20-19(14-3-6-16(23)7-4-14)26-22-27(20)9-10-29-22;1-12(2)31(28,29)27-17-11-14(5-8-16(17)24-20(27)23)19-18(13-3-6-15(22)7-4-13)25-21-26(19)9-10-30-21/h3-11,13H,1-2,12H2,(H2,24,25);3-11,13H,12H2,1-2H3,(H2,24,25);3-12H,1-2H3,(H2,23,24). The molecule has 1 aliphatic rings. The Labute approximate surface area is 519 Å². The number of aromatic nitrogens is 12. The van der Waals surface area contributed by atoms with E-state index < -0.39 is 15.3 Å². The van der Waals surface area contributed by atoms with Crippen LogP contribution in [0.25, 0.3) is 116 Å². The molecule has 6 N–H and O–H groups in total. The van der Waals surface area contributed by atoms with Gasteiger partial charge in [-0.2, -0.15) is 0 Å². The summed E-state index contributed by atoms with van der Waals surface area (Å²) in [5, 5.41) is 5.29. The number of nitrogens with zero attached hydrogens (tertiary/aromatic N) is 12. The minimum Gasteiger partial charge on any atom is -0.369 e. The molecule has 0 spiro atoms. The second-order valence-electron chi connectivity index (χ2n) is 22.6. The van der Waals surface area contributed by atoms with Crippen molar-refractivity contribution < 1.29 is 21.6 Å². The van der Waals surface area contributed by atoms with Crippen LogP contribution in [0.3, 0.4) is 0 Å². The number of anilines is 3. The minimum absolute atomic E-state index is 0.0754. The van der Waals surface area contributed by atoms with E-state index in [1.807, 2.05) is 63.4 Å². The monoisotopic (exact) mass is 1260 g/mol. The molecule has 0 radical (unpaired) electrons. The fourth-order valence-electron chi connectivity index (χ4n) is 11.2. The van der Waals surface area contributed by atoms with Gasteiger partial charge in [0.25, 0.3) is 0 Å². The van der Waals surface area contributed by atoms with Crippen LogP contribution in [-0.2, 0) is 23.1 Å². The molecule has 16 rings (SSSR count). The highest BCUT2D eigenvalue weighted by Gasteiger charge is 2.28. The van der Waals surface area contributed by atoms with Gasteiger partial charge < -0.3 is 26.3 Å². The average Bonchev–Trinajstić information content (AvgIpc) is 2.06. The van der Waals surface area contributed by atoms with Crippen LogP contribution < -0.4 is 17.2 Å². The Balaban J connectivity index is 0.000000117. The summed E-state index contributed by atoms with van der Waals surface area (Å²) in [7, 11) is -3.71. The van der Waals surface area contributed by atoms with Crippen molar-refractivity contribution in [1.82, 2.24) is 56.2 Å². The van der Waals surface area contributed by atoms with Crippen molar-refractivity contribution in [3.05, 3.63) is 180 Å². The van der Waals surface area contributed by atoms with Crippen molar-refractivity contribution in [2.45, 2.75) is 58.9 Å². The summed E-state index contributed by atoms with van der Waals surface area (Å²) in [5.74, 6) is 1.33. The Morgan fingerprint density at radius 3 is 1.20 bits per heavy atom. The smallest absolute Gasteiger partial charge is 0.244 e. The van der Waals surface area contributed by atoms with Crippen LogP contribution in [0.5, 0.6) is 0 Å². The van der Waals surface area contributed by atoms with Crippen LogP contribution in [0.4, 0.5) is 31.0 Å². The predicted octanol–water partition coefficient (Wildman–Crippen LogP) is 15.1. The Kier molecular flexibility index (Phi) is 14.5. The van der Waals surface area contributed by atoms with Gasteiger partial charge in [0.2, 0.25) is 27.9 Å². The molecular weight excluding hydrogens is 1210 g/mol. The lowest BCUT2D eigenvalue weighted by atomic mass is 10.0. The van der Waals surface area contributed by atoms with E-state index >= 15 is 0 Å². The van der Waals surface area contributed by atoms with E-state index in [0.717, 1.165) is 116 Å². The van der Waals surface area contributed by atoms with Crippen LogP contribution in [0.1, 0.15) is 40.5 Å². The number of halogens is 3. The number of nitrogens with two attached hydrogens (primary N) is 3. The van der Waals surface area contributed by atoms with Crippen LogP contribution in [0.15, 0.2) is 162 Å². The van der Waals surface area contributed by atoms with Crippen LogP contribution in [0, 0.1) is 29.3 Å². The highest BCUT2D eigenvalue weighted by Crippen LogP contribution is 2.41. The zero-order valence-corrected chi connectivity index (χ0v) is 51.6. The van der Waals surface area contributed by atoms with Gasteiger partial charge >= 0.3 is 0 Å². The number of hydrogen-bond acceptors (Lipinski definition) is 14. The topological polar surface area (TPSA) is 218 Å². The first-order valence-electron chi connectivity index (χ1n) is 28.6. The van der Waals surface area contributed by atoms with Gasteiger partial charge in [0.05, 0.1) is 72.5 Å². The summed E-state index contributed by atoms with van der Waals surface area (Å²) in [6.07, 6.45) is 8.45. The summed E-state index contributed by atoms with van der Waals surface area (Å²) < 4.78 is 77.6. The molecule has 6 aromatic carbocycles. The lowest BCUT2D eigenvalue weighted by Gasteiger charge is -2.12. The second-order valence-corrected chi connectivity index (χ2v) is 27.5. The second kappa shape index (κ2) is 22.5. The molecule has 448 valence electrons. The average molecular weight is 1260 g/mol. The molecule has 89 heavy (non-hydrogen) atoms. The third-order valence-corrected chi connectivity index (χ3v) is 20.0. The molecular formula is C65H56F3N15O2S4. The lowest BCUT2D eigenvalue weighted by Crippen LogP contribution is -2.23. The molecule has 17 nitrogen and oxygen atoms in total. The van der Waals surface area contributed by atoms with Gasteiger partial charge in [0.1, 0.15) is 17.5 Å². The number of rotatable bonds is 12. The Bertz CT molecular complexity index is 5070. The molecule has 0 bridgehead atoms. The van der Waals surface area contributed by atoms with Crippen molar-refractivity contribution in [1.29, 1.82) is 0 Å². The van der Waals surface area contributed by atoms with E-state index in [9.17, 15) is 21.6 Å². The maximum Gasteiger partial charge on any atom is 0.244 e. The largest absolute Gasteiger partial charge is 0.369 e. The highest BCUT2D eigenvalue weighted by molar-refractivity contribution is 7.90. The molecule has 0 atom stereocenters. The van der Waals surface area contributed by atoms with Crippen LogP contribution in [-0.4, -0.2) is 69.9 Å². The maximum absolute atomic E-state index is 13.5. The van der Waals surface area contributed by atoms with Crippen molar-refractivity contribution >= 4 is 110 Å². The quantitative estimate of drug-likeness (QED) is 0.104. The Morgan fingerprint density at radius 2 is 0.820 bits per heavy atom. The molecule has 15 aromatic rings. The van der Waals surface area contributed by atoms with Crippen LogP contribution >= 0.6 is 34.0 Å². The van der Waals surface area contributed by atoms with E-state index in [1.54, 1.807) is 85.1 Å². The first kappa shape index (κ1) is 57.1.